The van der Waals surface area contributed by atoms with Crippen LogP contribution in [0.2, 0.25) is 5.02 Å². The Labute approximate surface area is 110 Å². The number of fused-ring (bicyclic) bond motifs is 1. The average molecular weight is 313 g/mol. The van der Waals surface area contributed by atoms with E-state index in [1.807, 2.05) is 23.7 Å². The summed E-state index contributed by atoms with van der Waals surface area (Å²) in [5.41, 5.74) is 2.29. The molecule has 0 radical (unpaired) electrons. The van der Waals surface area contributed by atoms with Crippen molar-refractivity contribution in [2.24, 2.45) is 0 Å². The van der Waals surface area contributed by atoms with Crippen LogP contribution in [0.3, 0.4) is 0 Å². The number of nitrogens with one attached hydrogen (secondary N) is 1. The minimum atomic E-state index is 0.811. The van der Waals surface area contributed by atoms with Crippen LogP contribution in [0.25, 0.3) is 21.3 Å². The molecule has 0 atom stereocenters. The molecule has 0 unspecified atom stereocenters. The summed E-state index contributed by atoms with van der Waals surface area (Å²) in [5, 5.41) is 4.01. The average Bonchev–Trinajstić information content (AvgIpc) is 2.83. The predicted molar refractivity (Wildman–Crippen MR) is 74.3 cm³/mol. The Hall–Kier alpha value is -0.770. The standard InChI is InChI=1S/C12H7BrClNS/c13-7-1-2-11-8(5-7)9(6-15-11)12-10(14)3-4-16-12/h1-6,15H. The van der Waals surface area contributed by atoms with E-state index in [-0.39, 0.29) is 0 Å². The molecular weight excluding hydrogens is 306 g/mol. The van der Waals surface area contributed by atoms with Gasteiger partial charge in [-0.1, -0.05) is 27.5 Å². The van der Waals surface area contributed by atoms with Crippen LogP contribution < -0.4 is 0 Å². The van der Waals surface area contributed by atoms with Crippen molar-refractivity contribution >= 4 is 49.8 Å². The van der Waals surface area contributed by atoms with Gasteiger partial charge in [0.25, 0.3) is 0 Å². The third kappa shape index (κ3) is 1.59. The third-order valence-electron chi connectivity index (χ3n) is 2.51. The number of rotatable bonds is 1. The Morgan fingerprint density at radius 1 is 1.25 bits per heavy atom. The monoisotopic (exact) mass is 311 g/mol. The Bertz CT molecular complexity index is 656. The highest BCUT2D eigenvalue weighted by Gasteiger charge is 2.10. The molecule has 1 aromatic carbocycles. The first-order valence-corrected chi connectivity index (χ1v) is 6.81. The Morgan fingerprint density at radius 3 is 2.88 bits per heavy atom. The summed E-state index contributed by atoms with van der Waals surface area (Å²) in [5.74, 6) is 0. The lowest BCUT2D eigenvalue weighted by Crippen LogP contribution is -1.71. The van der Waals surface area contributed by atoms with Crippen LogP contribution in [0.15, 0.2) is 40.3 Å². The Kier molecular flexibility index (Phi) is 2.54. The van der Waals surface area contributed by atoms with Crippen molar-refractivity contribution in [3.8, 4) is 10.4 Å². The lowest BCUT2D eigenvalue weighted by molar-refractivity contribution is 1.48. The van der Waals surface area contributed by atoms with E-state index in [9.17, 15) is 0 Å². The van der Waals surface area contributed by atoms with Crippen molar-refractivity contribution in [1.82, 2.24) is 4.98 Å². The summed E-state index contributed by atoms with van der Waals surface area (Å²) in [6, 6.07) is 8.12. The Balaban J connectivity index is 2.32. The maximum atomic E-state index is 6.16. The molecule has 0 fully saturated rings. The van der Waals surface area contributed by atoms with Gasteiger partial charge in [-0.05, 0) is 29.6 Å². The summed E-state index contributed by atoms with van der Waals surface area (Å²) < 4.78 is 1.08. The first kappa shape index (κ1) is 10.4. The number of aromatic amines is 1. The summed E-state index contributed by atoms with van der Waals surface area (Å²) in [7, 11) is 0. The predicted octanol–water partition coefficient (Wildman–Crippen LogP) is 5.31. The zero-order chi connectivity index (χ0) is 11.1. The number of thiophene rings is 1. The van der Waals surface area contributed by atoms with E-state index in [1.165, 1.54) is 5.39 Å². The minimum Gasteiger partial charge on any atom is -0.361 e. The van der Waals surface area contributed by atoms with Crippen LogP contribution in [0.1, 0.15) is 0 Å². The third-order valence-corrected chi connectivity index (χ3v) is 4.37. The largest absolute Gasteiger partial charge is 0.361 e. The van der Waals surface area contributed by atoms with Gasteiger partial charge < -0.3 is 4.98 Å². The van der Waals surface area contributed by atoms with Gasteiger partial charge in [0.1, 0.15) is 0 Å². The van der Waals surface area contributed by atoms with Gasteiger partial charge in [0.2, 0.25) is 0 Å². The minimum absolute atomic E-state index is 0.811. The molecule has 0 saturated carbocycles. The number of aromatic nitrogens is 1. The highest BCUT2D eigenvalue weighted by atomic mass is 79.9. The van der Waals surface area contributed by atoms with Gasteiger partial charge in [0, 0.05) is 27.1 Å². The summed E-state index contributed by atoms with van der Waals surface area (Å²) >= 11 is 11.3. The maximum Gasteiger partial charge on any atom is 0.0593 e. The number of halogens is 2. The highest BCUT2D eigenvalue weighted by Crippen LogP contribution is 2.38. The zero-order valence-corrected chi connectivity index (χ0v) is 11.3. The summed E-state index contributed by atoms with van der Waals surface area (Å²) in [6.07, 6.45) is 2.01. The fraction of sp³-hybridized carbons (Fsp3) is 0. The van der Waals surface area contributed by atoms with Crippen molar-refractivity contribution in [3.05, 3.63) is 45.3 Å². The normalized spacial score (nSPS) is 11.1. The highest BCUT2D eigenvalue weighted by molar-refractivity contribution is 9.10. The van der Waals surface area contributed by atoms with Gasteiger partial charge in [0.05, 0.1) is 9.90 Å². The van der Waals surface area contributed by atoms with E-state index in [4.69, 9.17) is 11.6 Å². The quantitative estimate of drug-likeness (QED) is 0.626. The van der Waals surface area contributed by atoms with Gasteiger partial charge in [-0.2, -0.15) is 0 Å². The second-order valence-corrected chi connectivity index (χ2v) is 5.73. The van der Waals surface area contributed by atoms with Crippen molar-refractivity contribution in [2.75, 3.05) is 0 Å². The molecule has 16 heavy (non-hydrogen) atoms. The maximum absolute atomic E-state index is 6.16. The number of hydrogen-bond donors (Lipinski definition) is 1. The number of benzene rings is 1. The van der Waals surface area contributed by atoms with Crippen LogP contribution in [0, 0.1) is 0 Å². The molecule has 1 nitrogen and oxygen atoms in total. The second-order valence-electron chi connectivity index (χ2n) is 3.49. The van der Waals surface area contributed by atoms with Crippen LogP contribution in [-0.2, 0) is 0 Å². The molecule has 0 aliphatic carbocycles. The first-order valence-electron chi connectivity index (χ1n) is 4.76. The molecule has 0 saturated heterocycles. The van der Waals surface area contributed by atoms with Gasteiger partial charge in [-0.3, -0.25) is 0 Å². The molecule has 4 heteroatoms. The van der Waals surface area contributed by atoms with Crippen molar-refractivity contribution in [1.29, 1.82) is 0 Å². The molecule has 0 spiro atoms. The van der Waals surface area contributed by atoms with E-state index >= 15 is 0 Å². The van der Waals surface area contributed by atoms with Gasteiger partial charge in [-0.15, -0.1) is 11.3 Å². The molecule has 2 aromatic heterocycles. The number of hydrogen-bond acceptors (Lipinski definition) is 1. The molecule has 2 heterocycles. The fourth-order valence-corrected chi connectivity index (χ4v) is 3.32. The van der Waals surface area contributed by atoms with Crippen LogP contribution in [-0.4, -0.2) is 4.98 Å². The molecule has 0 amide bonds. The van der Waals surface area contributed by atoms with Crippen LogP contribution >= 0.6 is 38.9 Å². The molecule has 80 valence electrons. The Morgan fingerprint density at radius 2 is 2.12 bits per heavy atom. The molecule has 3 rings (SSSR count). The van der Waals surface area contributed by atoms with E-state index in [1.54, 1.807) is 11.3 Å². The number of H-pyrrole nitrogens is 1. The van der Waals surface area contributed by atoms with E-state index in [0.29, 0.717) is 0 Å². The van der Waals surface area contributed by atoms with Crippen LogP contribution in [0.4, 0.5) is 0 Å². The molecule has 1 N–H and O–H groups in total. The molecule has 0 aliphatic rings. The van der Waals surface area contributed by atoms with Gasteiger partial charge in [-0.25, -0.2) is 0 Å². The van der Waals surface area contributed by atoms with Crippen molar-refractivity contribution in [2.45, 2.75) is 0 Å². The fourth-order valence-electron chi connectivity index (χ4n) is 1.77. The lowest BCUT2D eigenvalue weighted by atomic mass is 10.1. The van der Waals surface area contributed by atoms with E-state index in [0.717, 1.165) is 25.5 Å². The van der Waals surface area contributed by atoms with E-state index in [2.05, 4.69) is 33.0 Å². The second kappa shape index (κ2) is 3.91. The lowest BCUT2D eigenvalue weighted by Gasteiger charge is -1.97. The molecule has 0 bridgehead atoms. The van der Waals surface area contributed by atoms with Crippen molar-refractivity contribution in [3.63, 3.8) is 0 Å². The van der Waals surface area contributed by atoms with Gasteiger partial charge >= 0.3 is 0 Å². The molecular formula is C12H7BrClNS. The first-order chi connectivity index (χ1) is 7.75. The van der Waals surface area contributed by atoms with Crippen LogP contribution in [0.5, 0.6) is 0 Å². The zero-order valence-electron chi connectivity index (χ0n) is 8.13. The topological polar surface area (TPSA) is 15.8 Å². The summed E-state index contributed by atoms with van der Waals surface area (Å²) in [4.78, 5) is 4.37. The smallest absolute Gasteiger partial charge is 0.0593 e. The molecule has 3 aromatic rings. The molecule has 0 aliphatic heterocycles. The summed E-state index contributed by atoms with van der Waals surface area (Å²) in [6.45, 7) is 0. The SMILES string of the molecule is Clc1ccsc1-c1c[nH]c2ccc(Br)cc12. The van der Waals surface area contributed by atoms with E-state index < -0.39 is 0 Å². The van der Waals surface area contributed by atoms with Crippen molar-refractivity contribution < 1.29 is 0 Å². The van der Waals surface area contributed by atoms with Gasteiger partial charge in [0.15, 0.2) is 0 Å².